The lowest BCUT2D eigenvalue weighted by Crippen LogP contribution is -2.29. The monoisotopic (exact) mass is 502 g/mol. The van der Waals surface area contributed by atoms with E-state index in [4.69, 9.17) is 14.2 Å². The van der Waals surface area contributed by atoms with Gasteiger partial charge in [-0.3, -0.25) is 19.5 Å². The zero-order valence-corrected chi connectivity index (χ0v) is 20.6. The Labute approximate surface area is 213 Å². The topological polar surface area (TPSA) is 115 Å². The summed E-state index contributed by atoms with van der Waals surface area (Å²) in [4.78, 5) is 44.5. The van der Waals surface area contributed by atoms with E-state index >= 15 is 0 Å². The Morgan fingerprint density at radius 3 is 2.41 bits per heavy atom. The highest BCUT2D eigenvalue weighted by Crippen LogP contribution is 2.43. The summed E-state index contributed by atoms with van der Waals surface area (Å²) in [6.45, 7) is 2.19. The largest absolute Gasteiger partial charge is 0.507 e. The molecule has 0 aliphatic carbocycles. The van der Waals surface area contributed by atoms with E-state index in [0.717, 1.165) is 0 Å². The average molecular weight is 503 g/mol. The van der Waals surface area contributed by atoms with Crippen LogP contribution in [0.4, 0.5) is 5.69 Å². The number of aliphatic hydroxyl groups is 1. The molecule has 1 saturated heterocycles. The van der Waals surface area contributed by atoms with Crippen molar-refractivity contribution in [2.75, 3.05) is 25.7 Å². The van der Waals surface area contributed by atoms with Gasteiger partial charge in [-0.2, -0.15) is 0 Å². The van der Waals surface area contributed by atoms with E-state index in [1.807, 2.05) is 6.92 Å². The lowest BCUT2D eigenvalue weighted by Gasteiger charge is -2.25. The highest BCUT2D eigenvalue weighted by Gasteiger charge is 2.48. The van der Waals surface area contributed by atoms with E-state index in [-0.39, 0.29) is 11.1 Å². The van der Waals surface area contributed by atoms with Gasteiger partial charge in [0.05, 0.1) is 43.2 Å². The van der Waals surface area contributed by atoms with Crippen LogP contribution in [0.3, 0.4) is 0 Å². The van der Waals surface area contributed by atoms with Crippen LogP contribution in [0, 0.1) is 0 Å². The molecule has 2 heterocycles. The first-order valence-corrected chi connectivity index (χ1v) is 11.6. The van der Waals surface area contributed by atoms with E-state index in [1.54, 1.807) is 42.5 Å². The number of amides is 1. The summed E-state index contributed by atoms with van der Waals surface area (Å²) in [6, 6.07) is 15.0. The molecule has 0 bridgehead atoms. The van der Waals surface area contributed by atoms with Gasteiger partial charge >= 0.3 is 5.97 Å². The Balaban J connectivity index is 1.85. The number of hydrogen-bond acceptors (Lipinski definition) is 8. The van der Waals surface area contributed by atoms with Gasteiger partial charge in [0.1, 0.15) is 23.3 Å². The molecule has 3 aromatic rings. The van der Waals surface area contributed by atoms with Gasteiger partial charge in [-0.1, -0.05) is 13.0 Å². The summed E-state index contributed by atoms with van der Waals surface area (Å²) >= 11 is 0. The number of aliphatic hydroxyl groups excluding tert-OH is 1. The van der Waals surface area contributed by atoms with Crippen molar-refractivity contribution in [2.45, 2.75) is 19.4 Å². The molecule has 1 aliphatic rings. The summed E-state index contributed by atoms with van der Waals surface area (Å²) < 4.78 is 15.8. The van der Waals surface area contributed by atoms with Crippen molar-refractivity contribution >= 4 is 29.1 Å². The number of rotatable bonds is 8. The third kappa shape index (κ3) is 4.88. The van der Waals surface area contributed by atoms with Crippen molar-refractivity contribution in [3.05, 3.63) is 89.3 Å². The number of ketones is 1. The maximum atomic E-state index is 13.4. The molecule has 9 nitrogen and oxygen atoms in total. The number of hydrogen-bond donors (Lipinski definition) is 1. The number of nitrogens with zero attached hydrogens (tertiary/aromatic N) is 2. The van der Waals surface area contributed by atoms with E-state index < -0.39 is 29.5 Å². The van der Waals surface area contributed by atoms with Gasteiger partial charge in [0, 0.05) is 11.9 Å². The molecule has 2 aromatic carbocycles. The first-order valence-electron chi connectivity index (χ1n) is 11.6. The number of Topliss-reactive ketones (excluding diaryl/α,β-unsaturated/α-hetero) is 1. The standard InChI is InChI=1S/C28H26N2O7/c1-4-15-37-28(34)17-8-10-18(11-9-17)30-24(21-7-5-6-14-29-21)23(26(32)27(30)33)25(31)20-16-19(35-2)12-13-22(20)36-3/h5-14,16,24,31H,4,15H2,1-3H3/b25-23+. The molecular formula is C28H26N2O7. The number of esters is 1. The fourth-order valence-corrected chi connectivity index (χ4v) is 4.10. The number of methoxy groups -OCH3 is 2. The quantitative estimate of drug-likeness (QED) is 0.210. The van der Waals surface area contributed by atoms with Gasteiger partial charge in [-0.05, 0) is 61.0 Å². The SMILES string of the molecule is CCCOC(=O)c1ccc(N2C(=O)C(=O)/C(=C(/O)c3cc(OC)ccc3OC)C2c2ccccn2)cc1. The number of ether oxygens (including phenoxy) is 3. The highest BCUT2D eigenvalue weighted by atomic mass is 16.5. The van der Waals surface area contributed by atoms with Gasteiger partial charge in [-0.25, -0.2) is 4.79 Å². The van der Waals surface area contributed by atoms with Crippen LogP contribution < -0.4 is 14.4 Å². The van der Waals surface area contributed by atoms with Crippen LogP contribution in [-0.4, -0.2) is 48.6 Å². The molecule has 0 radical (unpaired) electrons. The minimum atomic E-state index is -1.03. The summed E-state index contributed by atoms with van der Waals surface area (Å²) in [5.41, 5.74) is 1.07. The Morgan fingerprint density at radius 2 is 1.78 bits per heavy atom. The Kier molecular flexibility index (Phi) is 7.52. The Hall–Kier alpha value is -4.66. The van der Waals surface area contributed by atoms with Crippen LogP contribution in [0.2, 0.25) is 0 Å². The normalized spacial score (nSPS) is 16.5. The number of carbonyl (C=O) groups is 3. The van der Waals surface area contributed by atoms with Crippen LogP contribution in [0.25, 0.3) is 5.76 Å². The number of aromatic nitrogens is 1. The number of anilines is 1. The molecular weight excluding hydrogens is 476 g/mol. The van der Waals surface area contributed by atoms with E-state index in [2.05, 4.69) is 4.98 Å². The minimum absolute atomic E-state index is 0.151. The molecule has 0 spiro atoms. The predicted octanol–water partition coefficient (Wildman–Crippen LogP) is 4.29. The van der Waals surface area contributed by atoms with E-state index in [1.165, 1.54) is 43.5 Å². The number of carbonyl (C=O) groups excluding carboxylic acids is 3. The molecule has 190 valence electrons. The van der Waals surface area contributed by atoms with Crippen LogP contribution >= 0.6 is 0 Å². The lowest BCUT2D eigenvalue weighted by molar-refractivity contribution is -0.132. The van der Waals surface area contributed by atoms with E-state index in [0.29, 0.717) is 41.5 Å². The van der Waals surface area contributed by atoms with Crippen molar-refractivity contribution in [2.24, 2.45) is 0 Å². The summed E-state index contributed by atoms with van der Waals surface area (Å²) in [5, 5.41) is 11.4. The second-order valence-corrected chi connectivity index (χ2v) is 8.17. The van der Waals surface area contributed by atoms with Gasteiger partial charge in [0.25, 0.3) is 11.7 Å². The van der Waals surface area contributed by atoms with Crippen LogP contribution in [0.1, 0.15) is 41.0 Å². The third-order valence-electron chi connectivity index (χ3n) is 5.89. The molecule has 1 aliphatic heterocycles. The number of pyridine rings is 1. The van der Waals surface area contributed by atoms with Crippen LogP contribution in [-0.2, 0) is 14.3 Å². The molecule has 0 saturated carbocycles. The highest BCUT2D eigenvalue weighted by molar-refractivity contribution is 6.51. The maximum absolute atomic E-state index is 13.4. The Bertz CT molecular complexity index is 1350. The molecule has 4 rings (SSSR count). The van der Waals surface area contributed by atoms with Crippen molar-refractivity contribution < 1.29 is 33.7 Å². The molecule has 1 unspecified atom stereocenters. The minimum Gasteiger partial charge on any atom is -0.507 e. The zero-order chi connectivity index (χ0) is 26.5. The molecule has 1 N–H and O–H groups in total. The zero-order valence-electron chi connectivity index (χ0n) is 20.6. The predicted molar refractivity (Wildman–Crippen MR) is 136 cm³/mol. The van der Waals surface area contributed by atoms with Crippen LogP contribution in [0.5, 0.6) is 11.5 Å². The smallest absolute Gasteiger partial charge is 0.338 e. The second-order valence-electron chi connectivity index (χ2n) is 8.17. The average Bonchev–Trinajstić information content (AvgIpc) is 3.21. The van der Waals surface area contributed by atoms with Crippen molar-refractivity contribution in [3.8, 4) is 11.5 Å². The van der Waals surface area contributed by atoms with Crippen molar-refractivity contribution in [3.63, 3.8) is 0 Å². The summed E-state index contributed by atoms with van der Waals surface area (Å²) in [7, 11) is 2.90. The van der Waals surface area contributed by atoms with Gasteiger partial charge in [0.2, 0.25) is 0 Å². The fraction of sp³-hybridized carbons (Fsp3) is 0.214. The molecule has 9 heteroatoms. The van der Waals surface area contributed by atoms with E-state index in [9.17, 15) is 19.5 Å². The molecule has 1 fully saturated rings. The fourth-order valence-electron chi connectivity index (χ4n) is 4.10. The maximum Gasteiger partial charge on any atom is 0.338 e. The molecule has 1 amide bonds. The van der Waals surface area contributed by atoms with Gasteiger partial charge in [0.15, 0.2) is 0 Å². The summed E-state index contributed by atoms with van der Waals surface area (Å²) in [5.74, 6) is -1.92. The first kappa shape index (κ1) is 25.4. The Morgan fingerprint density at radius 1 is 1.03 bits per heavy atom. The molecule has 1 atom stereocenters. The van der Waals surface area contributed by atoms with Crippen molar-refractivity contribution in [1.29, 1.82) is 0 Å². The third-order valence-corrected chi connectivity index (χ3v) is 5.89. The van der Waals surface area contributed by atoms with Crippen LogP contribution in [0.15, 0.2) is 72.4 Å². The molecule has 1 aromatic heterocycles. The van der Waals surface area contributed by atoms with Gasteiger partial charge in [-0.15, -0.1) is 0 Å². The van der Waals surface area contributed by atoms with Gasteiger partial charge < -0.3 is 19.3 Å². The first-order chi connectivity index (χ1) is 17.9. The molecule has 37 heavy (non-hydrogen) atoms. The second kappa shape index (κ2) is 10.9. The summed E-state index contributed by atoms with van der Waals surface area (Å²) in [6.07, 6.45) is 2.23. The lowest BCUT2D eigenvalue weighted by atomic mass is 9.97. The number of benzene rings is 2. The van der Waals surface area contributed by atoms with Crippen molar-refractivity contribution in [1.82, 2.24) is 4.98 Å².